The first-order valence-electron chi connectivity index (χ1n) is 11.0. The fraction of sp³-hybridized carbons (Fsp3) is 1.00. The molecule has 4 aliphatic rings. The quantitative estimate of drug-likeness (QED) is 0.672. The van der Waals surface area contributed by atoms with E-state index in [1.54, 1.807) is 0 Å². The molecule has 4 fully saturated rings. The summed E-state index contributed by atoms with van der Waals surface area (Å²) in [6, 6.07) is 0. The van der Waals surface area contributed by atoms with Crippen molar-refractivity contribution in [2.45, 2.75) is 96.4 Å². The van der Waals surface area contributed by atoms with Crippen molar-refractivity contribution in [1.29, 1.82) is 0 Å². The van der Waals surface area contributed by atoms with E-state index in [1.807, 2.05) is 0 Å². The predicted molar refractivity (Wildman–Crippen MR) is 97.9 cm³/mol. The lowest BCUT2D eigenvalue weighted by atomic mass is 9.44. The minimum Gasteiger partial charge on any atom is -0.393 e. The smallest absolute Gasteiger partial charge is 0.393 e. The molecule has 9 atom stereocenters. The first kappa shape index (κ1) is 20.0. The Morgan fingerprint density at radius 1 is 0.926 bits per heavy atom. The van der Waals surface area contributed by atoms with Gasteiger partial charge < -0.3 is 10.2 Å². The van der Waals surface area contributed by atoms with Crippen LogP contribution in [0.15, 0.2) is 0 Å². The third-order valence-corrected chi connectivity index (χ3v) is 9.72. The molecule has 4 saturated carbocycles. The molecule has 0 amide bonds. The van der Waals surface area contributed by atoms with Gasteiger partial charge in [-0.05, 0) is 105 Å². The van der Waals surface area contributed by atoms with Crippen LogP contribution in [0.25, 0.3) is 0 Å². The zero-order valence-corrected chi connectivity index (χ0v) is 16.6. The highest BCUT2D eigenvalue weighted by atomic mass is 19.4. The largest absolute Gasteiger partial charge is 0.414 e. The first-order chi connectivity index (χ1) is 12.6. The summed E-state index contributed by atoms with van der Waals surface area (Å²) in [6.45, 7) is 4.65. The molecule has 0 saturated heterocycles. The van der Waals surface area contributed by atoms with Crippen LogP contribution in [0.2, 0.25) is 0 Å². The number of rotatable bonds is 2. The maximum absolute atomic E-state index is 12.9. The molecule has 0 aromatic heterocycles. The molecule has 0 aliphatic heterocycles. The van der Waals surface area contributed by atoms with Crippen molar-refractivity contribution in [3.05, 3.63) is 0 Å². The summed E-state index contributed by atoms with van der Waals surface area (Å²) in [5, 5.41) is 19.8. The van der Waals surface area contributed by atoms with Crippen LogP contribution in [-0.2, 0) is 0 Å². The van der Waals surface area contributed by atoms with Gasteiger partial charge in [0.15, 0.2) is 0 Å². The van der Waals surface area contributed by atoms with Crippen molar-refractivity contribution in [1.82, 2.24) is 0 Å². The summed E-state index contributed by atoms with van der Waals surface area (Å²) in [5.74, 6) is 2.38. The molecule has 2 N–H and O–H groups in total. The van der Waals surface area contributed by atoms with Gasteiger partial charge in [-0.2, -0.15) is 13.2 Å². The summed E-state index contributed by atoms with van der Waals surface area (Å²) in [6.07, 6.45) is 2.28. The average Bonchev–Trinajstić information content (AvgIpc) is 2.91. The first-order valence-corrected chi connectivity index (χ1v) is 11.0. The molecular weight excluding hydrogens is 353 g/mol. The molecule has 27 heavy (non-hydrogen) atoms. The molecule has 4 rings (SSSR count). The van der Waals surface area contributed by atoms with E-state index >= 15 is 0 Å². The molecule has 0 heterocycles. The Kier molecular flexibility index (Phi) is 4.90. The number of aliphatic hydroxyl groups excluding tert-OH is 2. The van der Waals surface area contributed by atoms with E-state index in [2.05, 4.69) is 13.8 Å². The van der Waals surface area contributed by atoms with E-state index in [1.165, 1.54) is 6.42 Å². The summed E-state index contributed by atoms with van der Waals surface area (Å²) < 4.78 is 38.8. The highest BCUT2D eigenvalue weighted by Gasteiger charge is 2.60. The Bertz CT molecular complexity index is 564. The van der Waals surface area contributed by atoms with E-state index in [0.717, 1.165) is 51.4 Å². The molecule has 4 aliphatic carbocycles. The van der Waals surface area contributed by atoms with Gasteiger partial charge in [-0.3, -0.25) is 0 Å². The van der Waals surface area contributed by atoms with E-state index in [4.69, 9.17) is 0 Å². The molecule has 2 nitrogen and oxygen atoms in total. The molecule has 0 spiro atoms. The normalized spacial score (nSPS) is 51.2. The van der Waals surface area contributed by atoms with Gasteiger partial charge in [0, 0.05) is 0 Å². The van der Waals surface area contributed by atoms with Crippen LogP contribution >= 0.6 is 0 Å². The molecule has 5 heteroatoms. The topological polar surface area (TPSA) is 40.5 Å². The summed E-state index contributed by atoms with van der Waals surface area (Å²) >= 11 is 0. The van der Waals surface area contributed by atoms with Crippen molar-refractivity contribution in [3.8, 4) is 0 Å². The van der Waals surface area contributed by atoms with Crippen molar-refractivity contribution in [3.63, 3.8) is 0 Å². The van der Waals surface area contributed by atoms with Crippen molar-refractivity contribution < 1.29 is 23.4 Å². The number of hydrogen-bond acceptors (Lipinski definition) is 2. The van der Waals surface area contributed by atoms with Crippen LogP contribution in [0.1, 0.15) is 78.1 Å². The lowest BCUT2D eigenvalue weighted by Crippen LogP contribution is -2.54. The second kappa shape index (κ2) is 6.62. The minimum absolute atomic E-state index is 0.0150. The molecule has 0 aromatic rings. The van der Waals surface area contributed by atoms with Gasteiger partial charge in [-0.15, -0.1) is 0 Å². The molecule has 0 radical (unpaired) electrons. The molecule has 0 aromatic carbocycles. The molecule has 156 valence electrons. The van der Waals surface area contributed by atoms with Crippen LogP contribution in [0.4, 0.5) is 13.2 Å². The van der Waals surface area contributed by atoms with Crippen molar-refractivity contribution >= 4 is 0 Å². The van der Waals surface area contributed by atoms with Gasteiger partial charge in [0.25, 0.3) is 0 Å². The third-order valence-electron chi connectivity index (χ3n) is 9.72. The highest BCUT2D eigenvalue weighted by Crippen LogP contribution is 2.68. The number of aliphatic hydroxyl groups is 2. The maximum Gasteiger partial charge on any atom is 0.414 e. The fourth-order valence-corrected chi connectivity index (χ4v) is 8.13. The molecule has 9 unspecified atom stereocenters. The van der Waals surface area contributed by atoms with E-state index in [-0.39, 0.29) is 23.9 Å². The Morgan fingerprint density at radius 2 is 1.59 bits per heavy atom. The van der Waals surface area contributed by atoms with Gasteiger partial charge in [-0.1, -0.05) is 13.8 Å². The maximum atomic E-state index is 12.9. The third kappa shape index (κ3) is 3.15. The number of alkyl halides is 3. The number of halogens is 3. The van der Waals surface area contributed by atoms with Crippen LogP contribution in [0, 0.1) is 40.4 Å². The Balaban J connectivity index is 1.52. The van der Waals surface area contributed by atoms with Crippen LogP contribution in [0.5, 0.6) is 0 Å². The predicted octanol–water partition coefficient (Wildman–Crippen LogP) is 5.32. The van der Waals surface area contributed by atoms with Crippen molar-refractivity contribution in [2.75, 3.05) is 0 Å². The Morgan fingerprint density at radius 3 is 2.30 bits per heavy atom. The van der Waals surface area contributed by atoms with Crippen LogP contribution < -0.4 is 0 Å². The van der Waals surface area contributed by atoms with E-state index < -0.39 is 12.3 Å². The summed E-state index contributed by atoms with van der Waals surface area (Å²) in [5.41, 5.74) is 0.248. The number of fused-ring (bicyclic) bond motifs is 5. The number of hydrogen-bond donors (Lipinski definition) is 2. The van der Waals surface area contributed by atoms with Crippen LogP contribution in [-0.4, -0.2) is 28.6 Å². The SMILES string of the molecule is CC12CCC(O)CC1CCC1C2CCC2(C)C(CC(O)C(F)(F)F)CCC12. The lowest BCUT2D eigenvalue weighted by Gasteiger charge is -2.61. The fourth-order valence-electron chi connectivity index (χ4n) is 8.13. The van der Waals surface area contributed by atoms with Gasteiger partial charge in [0.2, 0.25) is 0 Å². The Labute approximate surface area is 160 Å². The second-order valence-corrected chi connectivity index (χ2v) is 10.7. The molecule has 0 bridgehead atoms. The zero-order valence-electron chi connectivity index (χ0n) is 16.6. The van der Waals surface area contributed by atoms with Gasteiger partial charge >= 0.3 is 6.18 Å². The monoisotopic (exact) mass is 388 g/mol. The minimum atomic E-state index is -4.50. The van der Waals surface area contributed by atoms with Crippen molar-refractivity contribution in [2.24, 2.45) is 40.4 Å². The summed E-state index contributed by atoms with van der Waals surface area (Å²) in [4.78, 5) is 0. The van der Waals surface area contributed by atoms with Gasteiger partial charge in [0.1, 0.15) is 6.10 Å². The van der Waals surface area contributed by atoms with Gasteiger partial charge in [-0.25, -0.2) is 0 Å². The lowest BCUT2D eigenvalue weighted by molar-refractivity contribution is -0.212. The average molecular weight is 389 g/mol. The van der Waals surface area contributed by atoms with E-state index in [9.17, 15) is 23.4 Å². The Hall–Kier alpha value is -0.290. The second-order valence-electron chi connectivity index (χ2n) is 10.7. The summed E-state index contributed by atoms with van der Waals surface area (Å²) in [7, 11) is 0. The van der Waals surface area contributed by atoms with Gasteiger partial charge in [0.05, 0.1) is 6.10 Å². The highest BCUT2D eigenvalue weighted by molar-refractivity contribution is 5.09. The van der Waals surface area contributed by atoms with E-state index in [0.29, 0.717) is 29.1 Å². The molecular formula is C22H35F3O2. The zero-order chi connectivity index (χ0) is 19.6. The standard InChI is InChI=1S/C22H35F3O2/c1-20-9-7-15(26)11-13(20)3-5-16-17-6-4-14(12-19(27)22(23,24)25)21(17,2)10-8-18(16)20/h13-19,26-27H,3-12H2,1-2H3. The van der Waals surface area contributed by atoms with Crippen LogP contribution in [0.3, 0.4) is 0 Å².